The van der Waals surface area contributed by atoms with Gasteiger partial charge in [0.05, 0.1) is 11.9 Å². The molecule has 1 aliphatic rings. The van der Waals surface area contributed by atoms with Crippen molar-refractivity contribution in [2.24, 2.45) is 5.92 Å². The fourth-order valence-corrected chi connectivity index (χ4v) is 2.70. The van der Waals surface area contributed by atoms with Gasteiger partial charge in [-0.3, -0.25) is 4.79 Å². The van der Waals surface area contributed by atoms with Gasteiger partial charge >= 0.3 is 0 Å². The van der Waals surface area contributed by atoms with E-state index in [-0.39, 0.29) is 29.9 Å². The van der Waals surface area contributed by atoms with Crippen molar-refractivity contribution in [2.45, 2.75) is 12.8 Å². The second-order valence-electron chi connectivity index (χ2n) is 5.56. The molecule has 1 aromatic heterocycles. The summed E-state index contributed by atoms with van der Waals surface area (Å²) in [7, 11) is 0. The molecular weight excluding hydrogens is 282 g/mol. The maximum absolute atomic E-state index is 12.5. The average Bonchev–Trinajstić information content (AvgIpc) is 2.97. The van der Waals surface area contributed by atoms with Gasteiger partial charge in [-0.2, -0.15) is 5.10 Å². The van der Waals surface area contributed by atoms with Crippen LogP contribution in [0.5, 0.6) is 5.75 Å². The Morgan fingerprint density at radius 2 is 1.91 bits per heavy atom. The van der Waals surface area contributed by atoms with E-state index in [0.717, 1.165) is 18.5 Å². The van der Waals surface area contributed by atoms with E-state index in [0.29, 0.717) is 13.1 Å². The number of rotatable bonds is 3. The maximum atomic E-state index is 12.5. The predicted molar refractivity (Wildman–Crippen MR) is 80.9 cm³/mol. The number of aliphatic hydroxyl groups excluding tert-OH is 1. The van der Waals surface area contributed by atoms with Crippen LogP contribution in [-0.4, -0.2) is 50.5 Å². The molecule has 0 saturated carbocycles. The Morgan fingerprint density at radius 1 is 1.23 bits per heavy atom. The van der Waals surface area contributed by atoms with Crippen molar-refractivity contribution in [3.05, 3.63) is 42.2 Å². The van der Waals surface area contributed by atoms with Crippen LogP contribution in [0.2, 0.25) is 0 Å². The van der Waals surface area contributed by atoms with Crippen LogP contribution < -0.4 is 0 Å². The molecular formula is C16H19N3O3. The highest BCUT2D eigenvalue weighted by atomic mass is 16.3. The molecule has 1 fully saturated rings. The molecule has 6 nitrogen and oxygen atoms in total. The average molecular weight is 301 g/mol. The Labute approximate surface area is 128 Å². The van der Waals surface area contributed by atoms with Crippen molar-refractivity contribution >= 4 is 5.91 Å². The van der Waals surface area contributed by atoms with Crippen molar-refractivity contribution in [3.8, 4) is 11.4 Å². The Hall–Kier alpha value is -2.34. The third kappa shape index (κ3) is 2.82. The molecule has 2 N–H and O–H groups in total. The highest BCUT2D eigenvalue weighted by Gasteiger charge is 2.27. The molecule has 2 heterocycles. The third-order valence-electron chi connectivity index (χ3n) is 4.08. The maximum Gasteiger partial charge on any atom is 0.278 e. The van der Waals surface area contributed by atoms with E-state index in [1.807, 2.05) is 30.3 Å². The van der Waals surface area contributed by atoms with E-state index in [2.05, 4.69) is 5.10 Å². The number of benzene rings is 1. The fraction of sp³-hybridized carbons (Fsp3) is 0.375. The normalized spacial score (nSPS) is 16.0. The number of hydrogen-bond donors (Lipinski definition) is 2. The summed E-state index contributed by atoms with van der Waals surface area (Å²) >= 11 is 0. The summed E-state index contributed by atoms with van der Waals surface area (Å²) < 4.78 is 1.50. The van der Waals surface area contributed by atoms with Crippen LogP contribution in [0.3, 0.4) is 0 Å². The minimum absolute atomic E-state index is 0.0753. The molecule has 1 saturated heterocycles. The standard InChI is InChI=1S/C16H19N3O3/c20-11-12-6-8-18(9-7-12)16(22)15-14(21)10-19(17-15)13-4-2-1-3-5-13/h1-5,10,12,20-21H,6-9,11H2. The first-order chi connectivity index (χ1) is 10.7. The lowest BCUT2D eigenvalue weighted by molar-refractivity contribution is 0.0642. The molecule has 0 aliphatic carbocycles. The summed E-state index contributed by atoms with van der Waals surface area (Å²) in [5.74, 6) is -0.110. The van der Waals surface area contributed by atoms with Crippen molar-refractivity contribution in [2.75, 3.05) is 19.7 Å². The van der Waals surface area contributed by atoms with Gasteiger partial charge in [-0.05, 0) is 30.9 Å². The quantitative estimate of drug-likeness (QED) is 0.899. The number of para-hydroxylation sites is 1. The van der Waals surface area contributed by atoms with E-state index in [9.17, 15) is 9.90 Å². The molecule has 0 unspecified atom stereocenters. The topological polar surface area (TPSA) is 78.6 Å². The molecule has 116 valence electrons. The Morgan fingerprint density at radius 3 is 2.55 bits per heavy atom. The number of aliphatic hydroxyl groups is 1. The Bertz CT molecular complexity index is 646. The van der Waals surface area contributed by atoms with Gasteiger partial charge < -0.3 is 15.1 Å². The Kier molecular flexibility index (Phi) is 4.11. The van der Waals surface area contributed by atoms with Crippen LogP contribution in [0.25, 0.3) is 5.69 Å². The van der Waals surface area contributed by atoms with Gasteiger partial charge in [0, 0.05) is 19.7 Å². The van der Waals surface area contributed by atoms with Crippen LogP contribution in [0.1, 0.15) is 23.3 Å². The zero-order valence-corrected chi connectivity index (χ0v) is 12.2. The first-order valence-corrected chi connectivity index (χ1v) is 7.43. The molecule has 1 aliphatic heterocycles. The molecule has 1 aromatic carbocycles. The number of aromatic hydroxyl groups is 1. The number of carbonyl (C=O) groups excluding carboxylic acids is 1. The van der Waals surface area contributed by atoms with E-state index < -0.39 is 0 Å². The smallest absolute Gasteiger partial charge is 0.278 e. The summed E-state index contributed by atoms with van der Waals surface area (Å²) in [5.41, 5.74) is 0.863. The van der Waals surface area contributed by atoms with Gasteiger partial charge in [-0.15, -0.1) is 0 Å². The monoisotopic (exact) mass is 301 g/mol. The van der Waals surface area contributed by atoms with Gasteiger partial charge in [-0.25, -0.2) is 4.68 Å². The van der Waals surface area contributed by atoms with Crippen LogP contribution >= 0.6 is 0 Å². The van der Waals surface area contributed by atoms with Crippen molar-refractivity contribution in [3.63, 3.8) is 0 Å². The zero-order valence-electron chi connectivity index (χ0n) is 12.2. The summed E-state index contributed by atoms with van der Waals surface area (Å²) in [6.07, 6.45) is 3.01. The molecule has 0 atom stereocenters. The summed E-state index contributed by atoms with van der Waals surface area (Å²) in [6.45, 7) is 1.33. The van der Waals surface area contributed by atoms with Crippen LogP contribution in [0, 0.1) is 5.92 Å². The lowest BCUT2D eigenvalue weighted by Gasteiger charge is -2.30. The molecule has 6 heteroatoms. The molecule has 0 radical (unpaired) electrons. The Balaban J connectivity index is 1.78. The van der Waals surface area contributed by atoms with Crippen LogP contribution in [0.4, 0.5) is 0 Å². The van der Waals surface area contributed by atoms with Gasteiger partial charge in [0.1, 0.15) is 0 Å². The SMILES string of the molecule is O=C(c1nn(-c2ccccc2)cc1O)N1CCC(CO)CC1. The molecule has 3 rings (SSSR count). The number of carbonyl (C=O) groups is 1. The fourth-order valence-electron chi connectivity index (χ4n) is 2.70. The van der Waals surface area contributed by atoms with Gasteiger partial charge in [0.2, 0.25) is 0 Å². The third-order valence-corrected chi connectivity index (χ3v) is 4.08. The van der Waals surface area contributed by atoms with Crippen LogP contribution in [-0.2, 0) is 0 Å². The van der Waals surface area contributed by atoms with E-state index in [1.54, 1.807) is 4.90 Å². The van der Waals surface area contributed by atoms with E-state index in [1.165, 1.54) is 10.9 Å². The second kappa shape index (κ2) is 6.19. The number of piperidine rings is 1. The highest BCUT2D eigenvalue weighted by molar-refractivity contribution is 5.94. The predicted octanol–water partition coefficient (Wildman–Crippen LogP) is 1.42. The zero-order chi connectivity index (χ0) is 15.5. The van der Waals surface area contributed by atoms with E-state index >= 15 is 0 Å². The first kappa shape index (κ1) is 14.6. The number of aromatic nitrogens is 2. The van der Waals surface area contributed by atoms with Gasteiger partial charge in [0.15, 0.2) is 11.4 Å². The second-order valence-corrected chi connectivity index (χ2v) is 5.56. The summed E-state index contributed by atoms with van der Waals surface area (Å²) in [5, 5.41) is 23.4. The van der Waals surface area contributed by atoms with E-state index in [4.69, 9.17) is 5.11 Å². The largest absolute Gasteiger partial charge is 0.504 e. The lowest BCUT2D eigenvalue weighted by Crippen LogP contribution is -2.39. The minimum atomic E-state index is -0.261. The van der Waals surface area contributed by atoms with Gasteiger partial charge in [0.25, 0.3) is 5.91 Å². The summed E-state index contributed by atoms with van der Waals surface area (Å²) in [4.78, 5) is 14.2. The highest BCUT2D eigenvalue weighted by Crippen LogP contribution is 2.23. The number of nitrogens with zero attached hydrogens (tertiary/aromatic N) is 3. The van der Waals surface area contributed by atoms with Crippen molar-refractivity contribution in [1.29, 1.82) is 0 Å². The first-order valence-electron chi connectivity index (χ1n) is 7.43. The molecule has 2 aromatic rings. The van der Waals surface area contributed by atoms with Gasteiger partial charge in [-0.1, -0.05) is 18.2 Å². The molecule has 0 spiro atoms. The lowest BCUT2D eigenvalue weighted by atomic mass is 9.98. The number of amides is 1. The van der Waals surface area contributed by atoms with Crippen molar-refractivity contribution in [1.82, 2.24) is 14.7 Å². The number of likely N-dealkylation sites (tertiary alicyclic amines) is 1. The molecule has 0 bridgehead atoms. The molecule has 22 heavy (non-hydrogen) atoms. The minimum Gasteiger partial charge on any atom is -0.504 e. The van der Waals surface area contributed by atoms with Crippen LogP contribution in [0.15, 0.2) is 36.5 Å². The van der Waals surface area contributed by atoms with Crippen molar-refractivity contribution < 1.29 is 15.0 Å². The molecule has 1 amide bonds. The summed E-state index contributed by atoms with van der Waals surface area (Å²) in [6, 6.07) is 9.34. The number of hydrogen-bond acceptors (Lipinski definition) is 4.